The molecule has 0 aliphatic heterocycles. The van der Waals surface area contributed by atoms with Crippen molar-refractivity contribution in [1.82, 2.24) is 9.97 Å². The van der Waals surface area contributed by atoms with E-state index in [1.54, 1.807) is 107 Å². The van der Waals surface area contributed by atoms with Gasteiger partial charge in [0.05, 0.1) is 31.5 Å². The molecule has 0 aliphatic rings. The maximum Gasteiger partial charge on any atom is 0.511 e. The van der Waals surface area contributed by atoms with Crippen molar-refractivity contribution in [3.8, 4) is 0 Å². The molecule has 0 radical (unpaired) electrons. The highest BCUT2D eigenvalue weighted by molar-refractivity contribution is 9.26. The molecule has 2 atom stereocenters. The molecule has 2 aromatic heterocycles. The summed E-state index contributed by atoms with van der Waals surface area (Å²) in [5.41, 5.74) is 1.76. The van der Waals surface area contributed by atoms with Crippen LogP contribution < -0.4 is 0 Å². The Balaban J connectivity index is 1.43. The van der Waals surface area contributed by atoms with Crippen LogP contribution in [0.15, 0.2) is 48.5 Å². The van der Waals surface area contributed by atoms with Crippen molar-refractivity contribution < 1.29 is 26.6 Å². The number of thiazole rings is 2. The van der Waals surface area contributed by atoms with Gasteiger partial charge in [-0.2, -0.15) is 0 Å². The Morgan fingerprint density at radius 1 is 0.600 bits per heavy atom. The van der Waals surface area contributed by atoms with E-state index in [1.807, 2.05) is 36.4 Å². The number of benzene rings is 2. The van der Waals surface area contributed by atoms with Crippen LogP contribution in [0.5, 0.6) is 0 Å². The second-order valence-corrected chi connectivity index (χ2v) is 22.8. The summed E-state index contributed by atoms with van der Waals surface area (Å²) in [6.07, 6.45) is 0. The molecule has 8 nitrogen and oxygen atoms in total. The summed E-state index contributed by atoms with van der Waals surface area (Å²) in [5, 5.41) is 1.94. The zero-order valence-corrected chi connectivity index (χ0v) is 29.9. The average Bonchev–Trinajstić information content (AvgIpc) is 3.63. The molecule has 0 fully saturated rings. The lowest BCUT2D eigenvalue weighted by Crippen LogP contribution is -2.50. The molecule has 2 unspecified atom stereocenters. The maximum atomic E-state index is 5.89. The molecule has 0 spiro atoms. The molecule has 218 valence electrons. The van der Waals surface area contributed by atoms with Gasteiger partial charge in [-0.05, 0) is 43.9 Å². The Hall–Kier alpha value is -0.186. The van der Waals surface area contributed by atoms with E-state index in [0.29, 0.717) is 0 Å². The predicted octanol–water partition coefficient (Wildman–Crippen LogP) is 7.29. The highest BCUT2D eigenvalue weighted by atomic mass is 33.7. The summed E-state index contributed by atoms with van der Waals surface area (Å²) in [7, 11) is 10.8. The minimum atomic E-state index is -2.99. The van der Waals surface area contributed by atoms with Gasteiger partial charge >= 0.3 is 17.6 Å². The molecule has 0 N–H and O–H groups in total. The fraction of sp³-hybridized carbons (Fsp3) is 0.417. The number of nitrogens with zero attached hydrogens (tertiary/aromatic N) is 2. The van der Waals surface area contributed by atoms with Crippen molar-refractivity contribution in [2.24, 2.45) is 0 Å². The maximum absolute atomic E-state index is 5.89. The predicted molar refractivity (Wildman–Crippen MR) is 178 cm³/mol. The fourth-order valence-electron chi connectivity index (χ4n) is 4.31. The van der Waals surface area contributed by atoms with Gasteiger partial charge in [0.15, 0.2) is 0 Å². The molecule has 4 aromatic rings. The zero-order chi connectivity index (χ0) is 28.6. The van der Waals surface area contributed by atoms with Gasteiger partial charge in [0.2, 0.25) is 0 Å². The summed E-state index contributed by atoms with van der Waals surface area (Å²) in [5.74, 6) is 1.46. The summed E-state index contributed by atoms with van der Waals surface area (Å²) in [4.78, 5) is 9.81. The first-order chi connectivity index (χ1) is 19.5. The third kappa shape index (κ3) is 7.12. The Kier molecular flexibility index (Phi) is 12.7. The van der Waals surface area contributed by atoms with Gasteiger partial charge in [0, 0.05) is 54.2 Å². The van der Waals surface area contributed by atoms with E-state index in [1.165, 1.54) is 0 Å². The van der Waals surface area contributed by atoms with E-state index in [4.69, 9.17) is 36.5 Å². The minimum absolute atomic E-state index is 0.0981. The van der Waals surface area contributed by atoms with Crippen molar-refractivity contribution >= 4 is 102 Å². The highest BCUT2D eigenvalue weighted by Gasteiger charge is 2.51. The van der Waals surface area contributed by atoms with Crippen LogP contribution >= 0.6 is 63.9 Å². The third-order valence-corrected chi connectivity index (χ3v) is 22.2. The molecule has 2 aromatic carbocycles. The van der Waals surface area contributed by atoms with Gasteiger partial charge in [0.25, 0.3) is 0 Å². The van der Waals surface area contributed by atoms with Crippen LogP contribution in [-0.2, 0) is 26.6 Å². The molecular weight excluding hydrogens is 661 g/mol. The molecule has 16 heteroatoms. The van der Waals surface area contributed by atoms with Crippen LogP contribution in [0.4, 0.5) is 0 Å². The van der Waals surface area contributed by atoms with Gasteiger partial charge < -0.3 is 26.6 Å². The first-order valence-corrected chi connectivity index (χ1v) is 22.5. The van der Waals surface area contributed by atoms with E-state index in [2.05, 4.69) is 12.1 Å². The van der Waals surface area contributed by atoms with Crippen LogP contribution in [-0.4, -0.2) is 81.7 Å². The summed E-state index contributed by atoms with van der Waals surface area (Å²) in [6, 6.07) is 16.3. The number of fused-ring (bicyclic) bond motifs is 2. The molecule has 0 bridgehead atoms. The topological polar surface area (TPSA) is 81.2 Å². The Bertz CT molecular complexity index is 1170. The number of hydrogen-bond donors (Lipinski definition) is 0. The van der Waals surface area contributed by atoms with Crippen LogP contribution in [0.1, 0.15) is 21.1 Å². The van der Waals surface area contributed by atoms with Gasteiger partial charge in [-0.1, -0.05) is 45.9 Å². The molecular formula is C24H32N2O6S6Si2. The van der Waals surface area contributed by atoms with Crippen LogP contribution in [0.3, 0.4) is 0 Å². The highest BCUT2D eigenvalue weighted by Crippen LogP contribution is 2.49. The molecule has 40 heavy (non-hydrogen) atoms. The van der Waals surface area contributed by atoms with Crippen molar-refractivity contribution in [3.63, 3.8) is 0 Å². The van der Waals surface area contributed by atoms with E-state index >= 15 is 0 Å². The summed E-state index contributed by atoms with van der Waals surface area (Å²) < 4.78 is 37.6. The Morgan fingerprint density at radius 3 is 1.27 bits per heavy atom. The van der Waals surface area contributed by atoms with Crippen LogP contribution in [0, 0.1) is 0 Å². The van der Waals surface area contributed by atoms with Crippen LogP contribution in [0.2, 0.25) is 0 Å². The van der Waals surface area contributed by atoms with Crippen molar-refractivity contribution in [2.75, 3.05) is 54.2 Å². The van der Waals surface area contributed by atoms with Gasteiger partial charge in [0.1, 0.15) is 10.0 Å². The second-order valence-electron chi connectivity index (χ2n) is 8.28. The smallest absolute Gasteiger partial charge is 0.376 e. The van der Waals surface area contributed by atoms with E-state index in [9.17, 15) is 0 Å². The van der Waals surface area contributed by atoms with Gasteiger partial charge in [-0.15, -0.1) is 22.7 Å². The van der Waals surface area contributed by atoms with Crippen molar-refractivity contribution in [1.29, 1.82) is 0 Å². The third-order valence-electron chi connectivity index (χ3n) is 6.37. The number of rotatable bonds is 17. The van der Waals surface area contributed by atoms with Gasteiger partial charge in [-0.3, -0.25) is 0 Å². The zero-order valence-electron chi connectivity index (χ0n) is 23.0. The molecule has 4 rings (SSSR count). The molecule has 0 saturated heterocycles. The summed E-state index contributed by atoms with van der Waals surface area (Å²) >= 11 is 3.33. The molecule has 0 saturated carbocycles. The lowest BCUT2D eigenvalue weighted by Gasteiger charge is -2.31. The summed E-state index contributed by atoms with van der Waals surface area (Å²) in [6.45, 7) is 0. The first kappa shape index (κ1) is 32.7. The van der Waals surface area contributed by atoms with Crippen LogP contribution in [0.25, 0.3) is 20.4 Å². The monoisotopic (exact) mass is 692 g/mol. The fourth-order valence-corrected chi connectivity index (χ4v) is 20.0. The average molecular weight is 693 g/mol. The number of aromatic nitrogens is 2. The Labute approximate surface area is 260 Å². The normalized spacial score (nSPS) is 14.2. The molecule has 0 amide bonds. The quantitative estimate of drug-likeness (QED) is 0.0634. The molecule has 2 heterocycles. The Morgan fingerprint density at radius 2 is 0.950 bits per heavy atom. The SMILES string of the molecule is CO[Si](OC)(OC)C(CSSSSCC(c1nc2ccccc2s1)[Si](OC)(OC)OC)c1nc2ccccc2s1. The van der Waals surface area contributed by atoms with E-state index in [0.717, 1.165) is 42.0 Å². The second kappa shape index (κ2) is 15.5. The lowest BCUT2D eigenvalue weighted by molar-refractivity contribution is 0.114. The molecule has 0 aliphatic carbocycles. The van der Waals surface area contributed by atoms with E-state index < -0.39 is 17.6 Å². The van der Waals surface area contributed by atoms with Crippen molar-refractivity contribution in [2.45, 2.75) is 11.1 Å². The number of hydrogen-bond acceptors (Lipinski definition) is 14. The first-order valence-electron chi connectivity index (χ1n) is 12.1. The largest absolute Gasteiger partial charge is 0.511 e. The number of para-hydroxylation sites is 2. The van der Waals surface area contributed by atoms with Gasteiger partial charge in [-0.25, -0.2) is 9.97 Å². The standard InChI is InChI=1S/C24H32N2O6S6Si2/c1-27-39(28-2,29-3)21(23-25-17-11-7-9-13-19(17)35-23)15-33-37-38-34-16-22(40(30-4,31-5)32-6)24-26-18-12-8-10-14-20(18)36-24/h7-14,21-22H,15-16H2,1-6H3. The lowest BCUT2D eigenvalue weighted by atomic mass is 10.3. The minimum Gasteiger partial charge on any atom is -0.376 e. The van der Waals surface area contributed by atoms with Crippen molar-refractivity contribution in [3.05, 3.63) is 58.5 Å². The van der Waals surface area contributed by atoms with E-state index in [-0.39, 0.29) is 11.1 Å².